The molecule has 0 unspecified atom stereocenters. The van der Waals surface area contributed by atoms with E-state index in [0.717, 1.165) is 10.2 Å². The molecule has 0 atom stereocenters. The summed E-state index contributed by atoms with van der Waals surface area (Å²) in [6.07, 6.45) is 0. The summed E-state index contributed by atoms with van der Waals surface area (Å²) in [5.41, 5.74) is 12.1. The summed E-state index contributed by atoms with van der Waals surface area (Å²) in [6.45, 7) is 0. The van der Waals surface area contributed by atoms with E-state index >= 15 is 0 Å². The molecule has 1 heterocycles. The summed E-state index contributed by atoms with van der Waals surface area (Å²) < 4.78 is 2.61. The minimum absolute atomic E-state index is 0.422. The molecule has 4 N–H and O–H groups in total. The van der Waals surface area contributed by atoms with Crippen LogP contribution < -0.4 is 11.5 Å². The van der Waals surface area contributed by atoms with Crippen LogP contribution >= 0.6 is 15.9 Å². The van der Waals surface area contributed by atoms with E-state index in [1.54, 1.807) is 10.7 Å². The quantitative estimate of drug-likeness (QED) is 0.814. The van der Waals surface area contributed by atoms with E-state index in [2.05, 4.69) is 21.0 Å². The summed E-state index contributed by atoms with van der Waals surface area (Å²) in [6, 6.07) is 9.29. The van der Waals surface area contributed by atoms with Gasteiger partial charge < -0.3 is 11.5 Å². The Morgan fingerprint density at radius 1 is 1.14 bits per heavy atom. The Labute approximate surface area is 89.6 Å². The zero-order chi connectivity index (χ0) is 10.1. The fourth-order valence-corrected chi connectivity index (χ4v) is 1.47. The van der Waals surface area contributed by atoms with Gasteiger partial charge in [-0.25, -0.2) is 4.68 Å². The molecule has 0 fully saturated rings. The van der Waals surface area contributed by atoms with E-state index in [4.69, 9.17) is 11.5 Å². The monoisotopic (exact) mass is 252 g/mol. The largest absolute Gasteiger partial charge is 0.384 e. The lowest BCUT2D eigenvalue weighted by Gasteiger charge is -2.02. The van der Waals surface area contributed by atoms with Crippen LogP contribution in [0.4, 0.5) is 11.6 Å². The van der Waals surface area contributed by atoms with Crippen LogP contribution in [-0.4, -0.2) is 9.78 Å². The number of nitrogens with two attached hydrogens (primary N) is 2. The molecule has 0 radical (unpaired) electrons. The Kier molecular flexibility index (Phi) is 2.17. The standard InChI is InChI=1S/C9H9BrN4/c10-6-1-3-7(4-2-6)14-9(12)5-8(11)13-14/h1-5H,12H2,(H2,11,13). The van der Waals surface area contributed by atoms with Crippen LogP contribution in [0, 0.1) is 0 Å². The van der Waals surface area contributed by atoms with Gasteiger partial charge in [-0.15, -0.1) is 5.10 Å². The molecule has 1 aromatic carbocycles. The van der Waals surface area contributed by atoms with Gasteiger partial charge in [-0.1, -0.05) is 15.9 Å². The highest BCUT2D eigenvalue weighted by Crippen LogP contribution is 2.17. The predicted molar refractivity (Wildman–Crippen MR) is 60.1 cm³/mol. The third kappa shape index (κ3) is 1.58. The number of halogens is 1. The van der Waals surface area contributed by atoms with Crippen LogP contribution in [0.3, 0.4) is 0 Å². The molecule has 2 rings (SSSR count). The van der Waals surface area contributed by atoms with Crippen molar-refractivity contribution in [1.29, 1.82) is 0 Å². The van der Waals surface area contributed by atoms with Gasteiger partial charge in [0.05, 0.1) is 5.69 Å². The molecule has 0 aliphatic rings. The van der Waals surface area contributed by atoms with E-state index in [0.29, 0.717) is 11.6 Å². The molecule has 14 heavy (non-hydrogen) atoms. The van der Waals surface area contributed by atoms with Crippen molar-refractivity contribution in [3.8, 4) is 5.69 Å². The van der Waals surface area contributed by atoms with Gasteiger partial charge in [0.2, 0.25) is 0 Å². The molecule has 0 saturated carbocycles. The van der Waals surface area contributed by atoms with Gasteiger partial charge >= 0.3 is 0 Å². The highest BCUT2D eigenvalue weighted by atomic mass is 79.9. The smallest absolute Gasteiger partial charge is 0.148 e. The molecular formula is C9H9BrN4. The lowest BCUT2D eigenvalue weighted by molar-refractivity contribution is 0.896. The van der Waals surface area contributed by atoms with Crippen LogP contribution in [0.25, 0.3) is 5.69 Å². The summed E-state index contributed by atoms with van der Waals surface area (Å²) >= 11 is 3.36. The van der Waals surface area contributed by atoms with Crippen molar-refractivity contribution in [2.24, 2.45) is 0 Å². The second kappa shape index (κ2) is 3.34. The molecule has 72 valence electrons. The van der Waals surface area contributed by atoms with Crippen LogP contribution in [-0.2, 0) is 0 Å². The first-order valence-corrected chi connectivity index (χ1v) is 4.83. The van der Waals surface area contributed by atoms with Gasteiger partial charge in [-0.3, -0.25) is 0 Å². The number of hydrogen-bond donors (Lipinski definition) is 2. The first kappa shape index (κ1) is 9.08. The Bertz CT molecular complexity index is 446. The van der Waals surface area contributed by atoms with Crippen molar-refractivity contribution in [2.75, 3.05) is 11.5 Å². The molecule has 4 nitrogen and oxygen atoms in total. The molecule has 0 aliphatic heterocycles. The summed E-state index contributed by atoms with van der Waals surface area (Å²) in [4.78, 5) is 0. The maximum atomic E-state index is 5.72. The number of aromatic nitrogens is 2. The highest BCUT2D eigenvalue weighted by molar-refractivity contribution is 9.10. The third-order valence-corrected chi connectivity index (χ3v) is 2.36. The summed E-state index contributed by atoms with van der Waals surface area (Å²) in [5.74, 6) is 0.954. The van der Waals surface area contributed by atoms with Crippen LogP contribution in [0.5, 0.6) is 0 Å². The number of rotatable bonds is 1. The van der Waals surface area contributed by atoms with E-state index in [1.165, 1.54) is 0 Å². The fraction of sp³-hybridized carbons (Fsp3) is 0. The average Bonchev–Trinajstić information content (AvgIpc) is 2.47. The maximum Gasteiger partial charge on any atom is 0.148 e. The van der Waals surface area contributed by atoms with Crippen molar-refractivity contribution < 1.29 is 0 Å². The van der Waals surface area contributed by atoms with Gasteiger partial charge in [0, 0.05) is 10.5 Å². The average molecular weight is 253 g/mol. The molecule has 2 aromatic rings. The van der Waals surface area contributed by atoms with Gasteiger partial charge in [-0.05, 0) is 24.3 Å². The zero-order valence-corrected chi connectivity index (χ0v) is 8.90. The minimum Gasteiger partial charge on any atom is -0.384 e. The Morgan fingerprint density at radius 3 is 2.29 bits per heavy atom. The molecule has 0 spiro atoms. The summed E-state index contributed by atoms with van der Waals surface area (Å²) in [7, 11) is 0. The zero-order valence-electron chi connectivity index (χ0n) is 7.31. The number of anilines is 2. The fourth-order valence-electron chi connectivity index (χ4n) is 1.20. The number of benzene rings is 1. The number of nitrogens with zero attached hydrogens (tertiary/aromatic N) is 2. The highest BCUT2D eigenvalue weighted by Gasteiger charge is 2.03. The number of hydrogen-bond acceptors (Lipinski definition) is 3. The summed E-state index contributed by atoms with van der Waals surface area (Å²) in [5, 5.41) is 4.06. The molecule has 0 saturated heterocycles. The van der Waals surface area contributed by atoms with Crippen molar-refractivity contribution >= 4 is 27.6 Å². The van der Waals surface area contributed by atoms with Gasteiger partial charge in [0.1, 0.15) is 11.6 Å². The van der Waals surface area contributed by atoms with Gasteiger partial charge in [0.15, 0.2) is 0 Å². The lowest BCUT2D eigenvalue weighted by atomic mass is 10.3. The molecule has 5 heteroatoms. The lowest BCUT2D eigenvalue weighted by Crippen LogP contribution is -2.01. The molecule has 1 aromatic heterocycles. The molecular weight excluding hydrogens is 244 g/mol. The molecule has 0 bridgehead atoms. The van der Waals surface area contributed by atoms with Crippen molar-refractivity contribution in [3.05, 3.63) is 34.8 Å². The van der Waals surface area contributed by atoms with Crippen molar-refractivity contribution in [1.82, 2.24) is 9.78 Å². The SMILES string of the molecule is Nc1cc(N)n(-c2ccc(Br)cc2)n1. The molecule has 0 aliphatic carbocycles. The van der Waals surface area contributed by atoms with E-state index in [-0.39, 0.29) is 0 Å². The normalized spacial score (nSPS) is 10.4. The van der Waals surface area contributed by atoms with Crippen molar-refractivity contribution in [2.45, 2.75) is 0 Å². The van der Waals surface area contributed by atoms with Crippen LogP contribution in [0.2, 0.25) is 0 Å². The second-order valence-corrected chi connectivity index (χ2v) is 3.80. The van der Waals surface area contributed by atoms with E-state index in [9.17, 15) is 0 Å². The third-order valence-electron chi connectivity index (χ3n) is 1.83. The number of nitrogen functional groups attached to an aromatic ring is 2. The Morgan fingerprint density at radius 2 is 1.79 bits per heavy atom. The predicted octanol–water partition coefficient (Wildman–Crippen LogP) is 1.80. The van der Waals surface area contributed by atoms with E-state index < -0.39 is 0 Å². The van der Waals surface area contributed by atoms with Crippen LogP contribution in [0.1, 0.15) is 0 Å². The second-order valence-electron chi connectivity index (χ2n) is 2.88. The first-order valence-electron chi connectivity index (χ1n) is 4.04. The van der Waals surface area contributed by atoms with E-state index in [1.807, 2.05) is 24.3 Å². The Balaban J connectivity index is 2.49. The van der Waals surface area contributed by atoms with Crippen LogP contribution in [0.15, 0.2) is 34.8 Å². The van der Waals surface area contributed by atoms with Crippen molar-refractivity contribution in [3.63, 3.8) is 0 Å². The maximum absolute atomic E-state index is 5.72. The van der Waals surface area contributed by atoms with Gasteiger partial charge in [-0.2, -0.15) is 0 Å². The first-order chi connectivity index (χ1) is 6.66. The van der Waals surface area contributed by atoms with Gasteiger partial charge in [0.25, 0.3) is 0 Å². The topological polar surface area (TPSA) is 69.9 Å². The molecule has 0 amide bonds. The minimum atomic E-state index is 0.422. The Hall–Kier alpha value is -1.49.